The van der Waals surface area contributed by atoms with Crippen molar-refractivity contribution >= 4 is 39.2 Å². The van der Waals surface area contributed by atoms with E-state index in [0.29, 0.717) is 54.4 Å². The van der Waals surface area contributed by atoms with Crippen LogP contribution in [0.25, 0.3) is 16.6 Å². The highest BCUT2D eigenvalue weighted by Crippen LogP contribution is 2.34. The first-order valence-corrected chi connectivity index (χ1v) is 11.7. The first-order chi connectivity index (χ1) is 15.4. The minimum Gasteiger partial charge on any atom is -0.378 e. The van der Waals surface area contributed by atoms with Crippen molar-refractivity contribution in [2.45, 2.75) is 45.5 Å². The van der Waals surface area contributed by atoms with Gasteiger partial charge < -0.3 is 9.64 Å². The molecular weight excluding hydrogens is 455 g/mol. The zero-order valence-electron chi connectivity index (χ0n) is 19.2. The second-order valence-corrected chi connectivity index (χ2v) is 11.0. The Balaban J connectivity index is 2.03. The largest absolute Gasteiger partial charge is 0.434 e. The normalized spacial score (nSPS) is 17.2. The van der Waals surface area contributed by atoms with E-state index in [1.807, 2.05) is 38.7 Å². The second kappa shape index (κ2) is 8.35. The number of alkyl halides is 3. The number of hydrogen-bond acceptors (Lipinski definition) is 5. The number of nitrogens with zero attached hydrogens (tertiary/aromatic N) is 5. The molecule has 7 nitrogen and oxygen atoms in total. The van der Waals surface area contributed by atoms with Gasteiger partial charge in [0, 0.05) is 30.2 Å². The fourth-order valence-corrected chi connectivity index (χ4v) is 4.28. The van der Waals surface area contributed by atoms with Crippen LogP contribution in [0.15, 0.2) is 22.7 Å². The number of benzene rings is 1. The van der Waals surface area contributed by atoms with Crippen molar-refractivity contribution in [3.8, 4) is 0 Å². The quantitative estimate of drug-likeness (QED) is 0.521. The molecule has 1 fully saturated rings. The Hall–Kier alpha value is -2.53. The molecule has 0 spiro atoms. The Morgan fingerprint density at radius 3 is 2.42 bits per heavy atom. The van der Waals surface area contributed by atoms with Crippen molar-refractivity contribution < 1.29 is 22.1 Å². The number of ether oxygens (including phenoxy) is 1. The first-order valence-electron chi connectivity index (χ1n) is 10.6. The zero-order chi connectivity index (χ0) is 24.1. The number of aromatic nitrogens is 3. The van der Waals surface area contributed by atoms with Gasteiger partial charge in [0.1, 0.15) is 16.6 Å². The lowest BCUT2D eigenvalue weighted by Gasteiger charge is -2.28. The van der Waals surface area contributed by atoms with Gasteiger partial charge >= 0.3 is 6.18 Å². The Labute approximate surface area is 192 Å². The van der Waals surface area contributed by atoms with Gasteiger partial charge in [-0.25, -0.2) is 14.2 Å². The molecule has 0 amide bonds. The van der Waals surface area contributed by atoms with Crippen LogP contribution in [-0.2, 0) is 21.9 Å². The fraction of sp³-hybridized carbons (Fsp3) is 0.500. The van der Waals surface area contributed by atoms with Gasteiger partial charge in [0.2, 0.25) is 5.95 Å². The number of aryl methyl sites for hydroxylation is 1. The van der Waals surface area contributed by atoms with Gasteiger partial charge in [0.15, 0.2) is 5.69 Å². The molecule has 0 bridgehead atoms. The molecule has 1 saturated heterocycles. The van der Waals surface area contributed by atoms with Gasteiger partial charge in [0.05, 0.1) is 29.2 Å². The van der Waals surface area contributed by atoms with Gasteiger partial charge in [-0.05, 0) is 52.3 Å². The number of morpholine rings is 1. The van der Waals surface area contributed by atoms with Gasteiger partial charge in [-0.3, -0.25) is 4.40 Å². The molecule has 11 heteroatoms. The van der Waals surface area contributed by atoms with Crippen molar-refractivity contribution in [1.82, 2.24) is 14.4 Å². The third-order valence-corrected chi connectivity index (χ3v) is 6.83. The molecule has 33 heavy (non-hydrogen) atoms. The van der Waals surface area contributed by atoms with E-state index in [0.717, 1.165) is 11.8 Å². The molecule has 0 radical (unpaired) electrons. The summed E-state index contributed by atoms with van der Waals surface area (Å²) in [6.45, 7) is 11.0. The predicted octanol–water partition coefficient (Wildman–Crippen LogP) is 4.32. The average molecular weight is 482 g/mol. The van der Waals surface area contributed by atoms with Crippen molar-refractivity contribution in [3.63, 3.8) is 0 Å². The van der Waals surface area contributed by atoms with Crippen LogP contribution in [0.5, 0.6) is 0 Å². The van der Waals surface area contributed by atoms with Crippen LogP contribution >= 0.6 is 0 Å². The van der Waals surface area contributed by atoms with E-state index in [2.05, 4.69) is 9.38 Å². The minimum absolute atomic E-state index is 0.170. The molecule has 0 N–H and O–H groups in total. The lowest BCUT2D eigenvalue weighted by atomic mass is 10.0. The summed E-state index contributed by atoms with van der Waals surface area (Å²) in [5.41, 5.74) is 1.60. The van der Waals surface area contributed by atoms with Crippen LogP contribution < -0.4 is 4.90 Å². The van der Waals surface area contributed by atoms with E-state index in [9.17, 15) is 17.4 Å². The Morgan fingerprint density at radius 1 is 1.15 bits per heavy atom. The van der Waals surface area contributed by atoms with Crippen LogP contribution in [-0.4, -0.2) is 55.3 Å². The summed E-state index contributed by atoms with van der Waals surface area (Å²) in [5.74, 6) is 0.360. The monoisotopic (exact) mass is 481 g/mol. The Bertz CT molecular complexity index is 1270. The van der Waals surface area contributed by atoms with Crippen molar-refractivity contribution in [1.29, 1.82) is 0 Å². The predicted molar refractivity (Wildman–Crippen MR) is 123 cm³/mol. The average Bonchev–Trinajstić information content (AvgIpc) is 3.19. The summed E-state index contributed by atoms with van der Waals surface area (Å²) >= 11 is 0. The number of halogens is 3. The summed E-state index contributed by atoms with van der Waals surface area (Å²) in [4.78, 5) is 10.6. The second-order valence-electron chi connectivity index (χ2n) is 9.08. The van der Waals surface area contributed by atoms with Crippen molar-refractivity contribution in [2.75, 3.05) is 31.2 Å². The van der Waals surface area contributed by atoms with Crippen LogP contribution in [0.4, 0.5) is 19.1 Å². The van der Waals surface area contributed by atoms with Crippen LogP contribution in [0.3, 0.4) is 0 Å². The number of anilines is 1. The number of hydrogen-bond donors (Lipinski definition) is 0. The minimum atomic E-state index is -4.59. The molecule has 1 atom stereocenters. The van der Waals surface area contributed by atoms with E-state index >= 15 is 0 Å². The number of fused-ring (bicyclic) bond motifs is 3. The van der Waals surface area contributed by atoms with Crippen molar-refractivity contribution in [2.24, 2.45) is 4.40 Å². The number of imidazole rings is 1. The Morgan fingerprint density at radius 2 is 1.82 bits per heavy atom. The molecular formula is C22H26F3N5O2S. The molecule has 2 aromatic heterocycles. The van der Waals surface area contributed by atoms with Crippen LogP contribution in [0.1, 0.15) is 44.5 Å². The zero-order valence-corrected chi connectivity index (χ0v) is 20.0. The molecule has 1 aliphatic rings. The van der Waals surface area contributed by atoms with Crippen molar-refractivity contribution in [3.05, 3.63) is 35.2 Å². The standard InChI is InChI=1S/C22H26F3N5O2S/c1-13-10-15(14(2)28-33(31)21(3,4)5)18-16(11-13)19-26-17(22(23,24)25)12-30(19)20(27-18)29-6-8-32-9-7-29/h10-12H,6-9H2,1-5H3/t33-/m1/s1. The SMILES string of the molecule is CC(=N[S@](=O)C(C)(C)C)c1cc(C)cc2c1nc(N1CCOCC1)n1cc(C(F)(F)F)nc21. The fourth-order valence-electron chi connectivity index (χ4n) is 3.66. The van der Waals surface area contributed by atoms with Crippen LogP contribution in [0.2, 0.25) is 0 Å². The third kappa shape index (κ3) is 4.61. The maximum atomic E-state index is 13.6. The van der Waals surface area contributed by atoms with E-state index < -0.39 is 27.6 Å². The van der Waals surface area contributed by atoms with Crippen LogP contribution in [0, 0.1) is 6.92 Å². The number of rotatable bonds is 3. The maximum Gasteiger partial charge on any atom is 0.434 e. The van der Waals surface area contributed by atoms with E-state index in [4.69, 9.17) is 9.72 Å². The molecule has 3 heterocycles. The van der Waals surface area contributed by atoms with Gasteiger partial charge in [0.25, 0.3) is 0 Å². The van der Waals surface area contributed by atoms with Gasteiger partial charge in [-0.1, -0.05) is 0 Å². The molecule has 3 aromatic rings. The lowest BCUT2D eigenvalue weighted by molar-refractivity contribution is -0.140. The van der Waals surface area contributed by atoms with E-state index in [-0.39, 0.29) is 5.65 Å². The summed E-state index contributed by atoms with van der Waals surface area (Å²) in [5, 5.41) is 0.480. The molecule has 0 aliphatic carbocycles. The molecule has 1 aliphatic heterocycles. The highest BCUT2D eigenvalue weighted by molar-refractivity contribution is 7.85. The molecule has 4 rings (SSSR count). The highest BCUT2D eigenvalue weighted by atomic mass is 32.2. The molecule has 0 unspecified atom stereocenters. The van der Waals surface area contributed by atoms with Gasteiger partial charge in [-0.2, -0.15) is 17.6 Å². The molecule has 178 valence electrons. The summed E-state index contributed by atoms with van der Waals surface area (Å²) in [7, 11) is -1.50. The van der Waals surface area contributed by atoms with E-state index in [1.165, 1.54) is 4.40 Å². The molecule has 1 aromatic carbocycles. The maximum absolute atomic E-state index is 13.6. The topological polar surface area (TPSA) is 72.1 Å². The summed E-state index contributed by atoms with van der Waals surface area (Å²) < 4.78 is 64.0. The smallest absolute Gasteiger partial charge is 0.378 e. The third-order valence-electron chi connectivity index (χ3n) is 5.35. The first kappa shape index (κ1) is 23.6. The van der Waals surface area contributed by atoms with Gasteiger partial charge in [-0.15, -0.1) is 0 Å². The highest BCUT2D eigenvalue weighted by Gasteiger charge is 2.35. The Kier molecular flexibility index (Phi) is 5.98. The summed E-state index contributed by atoms with van der Waals surface area (Å²) in [6, 6.07) is 3.63. The van der Waals surface area contributed by atoms with E-state index in [1.54, 1.807) is 13.0 Å². The summed E-state index contributed by atoms with van der Waals surface area (Å²) in [6.07, 6.45) is -3.60. The lowest BCUT2D eigenvalue weighted by Crippen LogP contribution is -2.38. The molecule has 0 saturated carbocycles.